The third-order valence-corrected chi connectivity index (χ3v) is 1.36. The van der Waals surface area contributed by atoms with Gasteiger partial charge in [-0.15, -0.1) is 16.7 Å². The Balaban J connectivity index is 2.38. The van der Waals surface area contributed by atoms with E-state index in [4.69, 9.17) is 16.4 Å². The van der Waals surface area contributed by atoms with Crippen LogP contribution in [0, 0.1) is 0 Å². The van der Waals surface area contributed by atoms with Gasteiger partial charge in [-0.25, -0.2) is 0 Å². The quantitative estimate of drug-likeness (QED) is 0.395. The second-order valence-corrected chi connectivity index (χ2v) is 1.95. The molecule has 0 aromatic rings. The second-order valence-electron chi connectivity index (χ2n) is 1.71. The van der Waals surface area contributed by atoms with Crippen molar-refractivity contribution >= 4 is 11.6 Å². The average molecular weight is 134 g/mol. The molecule has 1 aliphatic rings. The Kier molecular flexibility index (Phi) is 1.76. The average Bonchev–Trinajstić information content (AvgIpc) is 2.14. The van der Waals surface area contributed by atoms with Gasteiger partial charge in [-0.3, -0.25) is 0 Å². The molecule has 1 aliphatic heterocycles. The van der Waals surface area contributed by atoms with E-state index in [1.165, 1.54) is 0 Å². The van der Waals surface area contributed by atoms with Crippen molar-refractivity contribution in [1.82, 2.24) is 5.06 Å². The number of hydroxylamine groups is 2. The summed E-state index contributed by atoms with van der Waals surface area (Å²) in [6, 6.07) is 0.751. The number of rotatable bonds is 1. The first-order chi connectivity index (χ1) is 3.84. The molecule has 0 aromatic carbocycles. The van der Waals surface area contributed by atoms with Gasteiger partial charge >= 0.3 is 0 Å². The van der Waals surface area contributed by atoms with Crippen LogP contribution in [-0.2, 0) is 4.84 Å². The highest BCUT2D eigenvalue weighted by Crippen LogP contribution is 2.09. The van der Waals surface area contributed by atoms with E-state index < -0.39 is 0 Å². The molecule has 0 fully saturated rings. The van der Waals surface area contributed by atoms with E-state index in [1.54, 1.807) is 11.3 Å². The third kappa shape index (κ3) is 0.956. The fourth-order valence-electron chi connectivity index (χ4n) is 0.556. The maximum Gasteiger partial charge on any atom is 0.110 e. The van der Waals surface area contributed by atoms with E-state index in [1.807, 2.05) is 13.0 Å². The zero-order valence-corrected chi connectivity index (χ0v) is 5.43. The highest BCUT2D eigenvalue weighted by Gasteiger charge is 2.14. The van der Waals surface area contributed by atoms with Gasteiger partial charge in [0.05, 0.1) is 6.04 Å². The van der Waals surface area contributed by atoms with E-state index in [0.29, 0.717) is 12.0 Å². The van der Waals surface area contributed by atoms with Gasteiger partial charge in [-0.2, -0.15) is 0 Å². The Morgan fingerprint density at radius 3 is 2.88 bits per heavy atom. The first-order valence-corrected chi connectivity index (χ1v) is 3.04. The molecule has 1 rings (SSSR count). The first-order valence-electron chi connectivity index (χ1n) is 2.50. The molecule has 0 radical (unpaired) electrons. The molecule has 2 nitrogen and oxygen atoms in total. The van der Waals surface area contributed by atoms with Crippen LogP contribution in [0.25, 0.3) is 0 Å². The number of hydrogen-bond donors (Lipinski definition) is 0. The van der Waals surface area contributed by atoms with Crippen LogP contribution in [0.2, 0.25) is 0 Å². The molecule has 0 aliphatic carbocycles. The summed E-state index contributed by atoms with van der Waals surface area (Å²) in [6.07, 6.45) is 3.59. The van der Waals surface area contributed by atoms with Crippen molar-refractivity contribution in [1.29, 1.82) is 0 Å². The molecule has 0 saturated carbocycles. The van der Waals surface area contributed by atoms with Crippen molar-refractivity contribution in [3.05, 3.63) is 12.3 Å². The first kappa shape index (κ1) is 5.92. The van der Waals surface area contributed by atoms with Gasteiger partial charge in [0, 0.05) is 0 Å². The number of nitrogens with zero attached hydrogens (tertiary/aromatic N) is 1. The molecule has 0 saturated heterocycles. The standard InChI is InChI=1S/C5H8ClNO/c1-5-2-3-8-7(5)4-6/h2-3,5H,4H2,1H3. The monoisotopic (exact) mass is 133 g/mol. The van der Waals surface area contributed by atoms with Gasteiger partial charge < -0.3 is 4.84 Å². The van der Waals surface area contributed by atoms with Crippen molar-refractivity contribution in [3.8, 4) is 0 Å². The van der Waals surface area contributed by atoms with Gasteiger partial charge in [-0.05, 0) is 13.0 Å². The summed E-state index contributed by atoms with van der Waals surface area (Å²) in [7, 11) is 0. The molecular formula is C5H8ClNO. The van der Waals surface area contributed by atoms with Gasteiger partial charge in [0.25, 0.3) is 0 Å². The molecule has 1 atom stereocenters. The highest BCUT2D eigenvalue weighted by atomic mass is 35.5. The molecule has 46 valence electrons. The van der Waals surface area contributed by atoms with Crippen LogP contribution in [0.5, 0.6) is 0 Å². The Bertz CT molecular complexity index is 105. The maximum absolute atomic E-state index is 5.46. The summed E-state index contributed by atoms with van der Waals surface area (Å²) in [6.45, 7) is 2.02. The van der Waals surface area contributed by atoms with Crippen molar-refractivity contribution in [2.75, 3.05) is 6.00 Å². The Morgan fingerprint density at radius 2 is 2.62 bits per heavy atom. The van der Waals surface area contributed by atoms with E-state index in [0.717, 1.165) is 0 Å². The smallest absolute Gasteiger partial charge is 0.110 e. The predicted molar refractivity (Wildman–Crippen MR) is 32.2 cm³/mol. The molecule has 0 N–H and O–H groups in total. The van der Waals surface area contributed by atoms with Crippen LogP contribution in [-0.4, -0.2) is 17.1 Å². The minimum absolute atomic E-state index is 0.326. The summed E-state index contributed by atoms with van der Waals surface area (Å²) in [5.74, 6) is 0. The number of halogens is 1. The third-order valence-electron chi connectivity index (χ3n) is 1.13. The minimum atomic E-state index is 0.326. The topological polar surface area (TPSA) is 12.5 Å². The van der Waals surface area contributed by atoms with Crippen molar-refractivity contribution in [3.63, 3.8) is 0 Å². The fourth-order valence-corrected chi connectivity index (χ4v) is 0.830. The lowest BCUT2D eigenvalue weighted by molar-refractivity contribution is -0.0825. The number of alkyl halides is 1. The number of hydrogen-bond acceptors (Lipinski definition) is 2. The zero-order valence-electron chi connectivity index (χ0n) is 4.67. The Labute approximate surface area is 53.6 Å². The molecule has 0 amide bonds. The minimum Gasteiger partial charge on any atom is -0.412 e. The summed E-state index contributed by atoms with van der Waals surface area (Å²) >= 11 is 5.46. The molecular weight excluding hydrogens is 126 g/mol. The van der Waals surface area contributed by atoms with Crippen LogP contribution < -0.4 is 0 Å². The maximum atomic E-state index is 5.46. The molecule has 3 heteroatoms. The normalized spacial score (nSPS) is 28.5. The molecule has 1 unspecified atom stereocenters. The highest BCUT2D eigenvalue weighted by molar-refractivity contribution is 6.17. The van der Waals surface area contributed by atoms with Crippen LogP contribution in [0.1, 0.15) is 6.92 Å². The largest absolute Gasteiger partial charge is 0.412 e. The van der Waals surface area contributed by atoms with Crippen LogP contribution in [0.3, 0.4) is 0 Å². The summed E-state index contributed by atoms with van der Waals surface area (Å²) in [4.78, 5) is 4.94. The molecule has 0 aromatic heterocycles. The van der Waals surface area contributed by atoms with E-state index in [2.05, 4.69) is 0 Å². The van der Waals surface area contributed by atoms with Gasteiger partial charge in [0.15, 0.2) is 0 Å². The summed E-state index contributed by atoms with van der Waals surface area (Å²) in [5, 5.41) is 1.68. The van der Waals surface area contributed by atoms with Crippen LogP contribution in [0.15, 0.2) is 12.3 Å². The predicted octanol–water partition coefficient (Wildman–Crippen LogP) is 1.33. The summed E-state index contributed by atoms with van der Waals surface area (Å²) in [5.41, 5.74) is 0. The van der Waals surface area contributed by atoms with Gasteiger partial charge in [0.1, 0.15) is 12.3 Å². The van der Waals surface area contributed by atoms with E-state index >= 15 is 0 Å². The Hall–Kier alpha value is -0.210. The Morgan fingerprint density at radius 1 is 1.88 bits per heavy atom. The molecule has 0 bridgehead atoms. The fraction of sp³-hybridized carbons (Fsp3) is 0.600. The van der Waals surface area contributed by atoms with Gasteiger partial charge in [-0.1, -0.05) is 0 Å². The lowest BCUT2D eigenvalue weighted by atomic mass is 10.3. The van der Waals surface area contributed by atoms with Crippen molar-refractivity contribution in [2.45, 2.75) is 13.0 Å². The zero-order chi connectivity index (χ0) is 5.98. The summed E-state index contributed by atoms with van der Waals surface area (Å²) < 4.78 is 0. The molecule has 0 spiro atoms. The molecule has 8 heavy (non-hydrogen) atoms. The lowest BCUT2D eigenvalue weighted by Crippen LogP contribution is -2.24. The van der Waals surface area contributed by atoms with Crippen molar-refractivity contribution in [2.24, 2.45) is 0 Å². The van der Waals surface area contributed by atoms with Crippen LogP contribution >= 0.6 is 11.6 Å². The molecule has 1 heterocycles. The SMILES string of the molecule is CC1C=CON1CCl. The van der Waals surface area contributed by atoms with Gasteiger partial charge in [0.2, 0.25) is 0 Å². The lowest BCUT2D eigenvalue weighted by Gasteiger charge is -2.14. The van der Waals surface area contributed by atoms with E-state index in [9.17, 15) is 0 Å². The van der Waals surface area contributed by atoms with Crippen LogP contribution in [0.4, 0.5) is 0 Å². The van der Waals surface area contributed by atoms with Crippen molar-refractivity contribution < 1.29 is 4.84 Å². The second kappa shape index (κ2) is 2.37. The van der Waals surface area contributed by atoms with E-state index in [-0.39, 0.29) is 0 Å².